The molecule has 6 nitrogen and oxygen atoms in total. The number of halogens is 3. The van der Waals surface area contributed by atoms with Gasteiger partial charge in [0.25, 0.3) is 0 Å². The molecule has 0 amide bonds. The first-order valence-corrected chi connectivity index (χ1v) is 5.80. The second kappa shape index (κ2) is 4.33. The molecule has 3 aromatic rings. The maximum Gasteiger partial charge on any atom is 0.416 e. The van der Waals surface area contributed by atoms with Crippen LogP contribution < -0.4 is 11.5 Å². The first-order chi connectivity index (χ1) is 9.86. The molecular weight excluding hydrogens is 285 g/mol. The molecule has 0 aliphatic heterocycles. The highest BCUT2D eigenvalue weighted by Crippen LogP contribution is 2.31. The monoisotopic (exact) mass is 294 g/mol. The van der Waals surface area contributed by atoms with Crippen molar-refractivity contribution in [2.45, 2.75) is 6.18 Å². The zero-order chi connectivity index (χ0) is 15.2. The zero-order valence-corrected chi connectivity index (χ0v) is 10.5. The maximum atomic E-state index is 12.8. The van der Waals surface area contributed by atoms with Crippen molar-refractivity contribution in [3.8, 4) is 5.69 Å². The minimum Gasteiger partial charge on any atom is -0.369 e. The van der Waals surface area contributed by atoms with E-state index in [0.29, 0.717) is 5.52 Å². The van der Waals surface area contributed by atoms with Gasteiger partial charge in [0.15, 0.2) is 5.65 Å². The standard InChI is InChI=1S/C12H9F3N6/c13-12(14,15)6-2-1-3-7(4-6)21-9-8(19-11(21)17)5-18-10(16)20-9/h1-5H,(H2,17,19)(H2,16,18,20). The topological polar surface area (TPSA) is 95.6 Å². The average molecular weight is 294 g/mol. The molecule has 1 aromatic carbocycles. The number of aromatic nitrogens is 4. The van der Waals surface area contributed by atoms with Crippen LogP contribution in [0.5, 0.6) is 0 Å². The average Bonchev–Trinajstić information content (AvgIpc) is 2.73. The second-order valence-electron chi connectivity index (χ2n) is 4.29. The van der Waals surface area contributed by atoms with Gasteiger partial charge in [0.05, 0.1) is 17.4 Å². The van der Waals surface area contributed by atoms with E-state index < -0.39 is 11.7 Å². The van der Waals surface area contributed by atoms with Crippen LogP contribution in [0.25, 0.3) is 16.9 Å². The van der Waals surface area contributed by atoms with Gasteiger partial charge in [-0.25, -0.2) is 9.97 Å². The predicted molar refractivity (Wildman–Crippen MR) is 70.5 cm³/mol. The van der Waals surface area contributed by atoms with E-state index in [1.165, 1.54) is 22.9 Å². The fourth-order valence-electron chi connectivity index (χ4n) is 1.98. The molecule has 9 heteroatoms. The fourth-order valence-corrected chi connectivity index (χ4v) is 1.98. The Morgan fingerprint density at radius 3 is 2.57 bits per heavy atom. The molecule has 2 aromatic heterocycles. The number of anilines is 2. The van der Waals surface area contributed by atoms with Crippen LogP contribution in [0.4, 0.5) is 25.1 Å². The van der Waals surface area contributed by atoms with Crippen LogP contribution in [0, 0.1) is 0 Å². The van der Waals surface area contributed by atoms with Crippen molar-refractivity contribution in [3.05, 3.63) is 36.0 Å². The van der Waals surface area contributed by atoms with Crippen LogP contribution in [0.15, 0.2) is 30.5 Å². The summed E-state index contributed by atoms with van der Waals surface area (Å²) >= 11 is 0. The number of nitrogens with zero attached hydrogens (tertiary/aromatic N) is 4. The van der Waals surface area contributed by atoms with Gasteiger partial charge in [0.2, 0.25) is 11.9 Å². The van der Waals surface area contributed by atoms with E-state index in [9.17, 15) is 13.2 Å². The normalized spacial score (nSPS) is 12.0. The Bertz CT molecular complexity index is 823. The van der Waals surface area contributed by atoms with Crippen LogP contribution in [0.3, 0.4) is 0 Å². The summed E-state index contributed by atoms with van der Waals surface area (Å²) in [5.74, 6) is -0.0140. The molecule has 0 spiro atoms. The highest BCUT2D eigenvalue weighted by atomic mass is 19.4. The number of nitrogens with two attached hydrogens (primary N) is 2. The molecule has 0 bridgehead atoms. The van der Waals surface area contributed by atoms with Crippen molar-refractivity contribution in [1.29, 1.82) is 0 Å². The van der Waals surface area contributed by atoms with Gasteiger partial charge >= 0.3 is 6.18 Å². The predicted octanol–water partition coefficient (Wildman–Crippen LogP) is 2.00. The number of imidazole rings is 1. The zero-order valence-electron chi connectivity index (χ0n) is 10.5. The van der Waals surface area contributed by atoms with Gasteiger partial charge in [0.1, 0.15) is 5.52 Å². The molecular formula is C12H9F3N6. The van der Waals surface area contributed by atoms with E-state index in [4.69, 9.17) is 11.5 Å². The highest BCUT2D eigenvalue weighted by Gasteiger charge is 2.30. The van der Waals surface area contributed by atoms with E-state index >= 15 is 0 Å². The van der Waals surface area contributed by atoms with Gasteiger partial charge in [-0.1, -0.05) is 6.07 Å². The Morgan fingerprint density at radius 1 is 1.10 bits per heavy atom. The molecule has 4 N–H and O–H groups in total. The summed E-state index contributed by atoms with van der Waals surface area (Å²) in [6.45, 7) is 0. The number of benzene rings is 1. The Balaban J connectivity index is 2.25. The van der Waals surface area contributed by atoms with E-state index in [1.807, 2.05) is 0 Å². The van der Waals surface area contributed by atoms with Crippen molar-refractivity contribution < 1.29 is 13.2 Å². The third-order valence-electron chi connectivity index (χ3n) is 2.88. The summed E-state index contributed by atoms with van der Waals surface area (Å²) < 4.78 is 39.7. The number of alkyl halides is 3. The Hall–Kier alpha value is -2.84. The van der Waals surface area contributed by atoms with Gasteiger partial charge in [-0.15, -0.1) is 0 Å². The Labute approximate surface area is 116 Å². The lowest BCUT2D eigenvalue weighted by atomic mass is 10.2. The summed E-state index contributed by atoms with van der Waals surface area (Å²) in [4.78, 5) is 11.7. The van der Waals surface area contributed by atoms with Gasteiger partial charge in [0, 0.05) is 0 Å². The molecule has 0 saturated heterocycles. The van der Waals surface area contributed by atoms with Gasteiger partial charge in [-0.2, -0.15) is 18.2 Å². The molecule has 3 rings (SSSR count). The largest absolute Gasteiger partial charge is 0.416 e. The van der Waals surface area contributed by atoms with Crippen molar-refractivity contribution in [3.63, 3.8) is 0 Å². The molecule has 0 aliphatic rings. The quantitative estimate of drug-likeness (QED) is 0.715. The third-order valence-corrected chi connectivity index (χ3v) is 2.88. The van der Waals surface area contributed by atoms with Gasteiger partial charge < -0.3 is 11.5 Å². The second-order valence-corrected chi connectivity index (χ2v) is 4.29. The maximum absolute atomic E-state index is 12.8. The number of nitrogen functional groups attached to an aromatic ring is 2. The van der Waals surface area contributed by atoms with E-state index in [1.54, 1.807) is 0 Å². The van der Waals surface area contributed by atoms with Crippen molar-refractivity contribution in [1.82, 2.24) is 19.5 Å². The lowest BCUT2D eigenvalue weighted by molar-refractivity contribution is -0.137. The SMILES string of the molecule is Nc1ncc2nc(N)n(-c3cccc(C(F)(F)F)c3)c2n1. The number of fused-ring (bicyclic) bond motifs is 1. The molecule has 0 saturated carbocycles. The van der Waals surface area contributed by atoms with Crippen molar-refractivity contribution in [2.75, 3.05) is 11.5 Å². The van der Waals surface area contributed by atoms with Gasteiger partial charge in [-0.3, -0.25) is 4.57 Å². The number of rotatable bonds is 1. The highest BCUT2D eigenvalue weighted by molar-refractivity contribution is 5.77. The van der Waals surface area contributed by atoms with Crippen LogP contribution in [-0.2, 0) is 6.18 Å². The lowest BCUT2D eigenvalue weighted by Gasteiger charge is -2.10. The third kappa shape index (κ3) is 2.22. The number of hydrogen-bond donors (Lipinski definition) is 2. The Morgan fingerprint density at radius 2 is 1.86 bits per heavy atom. The van der Waals surface area contributed by atoms with Crippen LogP contribution >= 0.6 is 0 Å². The molecule has 0 unspecified atom stereocenters. The van der Waals surface area contributed by atoms with E-state index in [2.05, 4.69) is 15.0 Å². The van der Waals surface area contributed by atoms with Crippen LogP contribution in [-0.4, -0.2) is 19.5 Å². The fraction of sp³-hybridized carbons (Fsp3) is 0.0833. The van der Waals surface area contributed by atoms with Crippen LogP contribution in [0.1, 0.15) is 5.56 Å². The Kier molecular flexibility index (Phi) is 2.71. The molecule has 21 heavy (non-hydrogen) atoms. The molecule has 0 fully saturated rings. The minimum atomic E-state index is -4.45. The first-order valence-electron chi connectivity index (χ1n) is 5.80. The molecule has 0 radical (unpaired) electrons. The summed E-state index contributed by atoms with van der Waals surface area (Å²) in [5.41, 5.74) is 11.3. The number of hydrogen-bond acceptors (Lipinski definition) is 5. The first kappa shape index (κ1) is 13.2. The van der Waals surface area contributed by atoms with E-state index in [0.717, 1.165) is 12.1 Å². The summed E-state index contributed by atoms with van der Waals surface area (Å²) in [7, 11) is 0. The molecule has 0 aliphatic carbocycles. The van der Waals surface area contributed by atoms with Crippen molar-refractivity contribution >= 4 is 23.1 Å². The lowest BCUT2D eigenvalue weighted by Crippen LogP contribution is -2.07. The van der Waals surface area contributed by atoms with Gasteiger partial charge in [-0.05, 0) is 18.2 Å². The van der Waals surface area contributed by atoms with Crippen molar-refractivity contribution in [2.24, 2.45) is 0 Å². The summed E-state index contributed by atoms with van der Waals surface area (Å²) in [6.07, 6.45) is -3.09. The molecule has 108 valence electrons. The minimum absolute atomic E-state index is 0.00391. The molecule has 0 atom stereocenters. The molecule has 2 heterocycles. The van der Waals surface area contributed by atoms with E-state index in [-0.39, 0.29) is 23.2 Å². The summed E-state index contributed by atoms with van der Waals surface area (Å²) in [6, 6.07) is 4.71. The summed E-state index contributed by atoms with van der Waals surface area (Å²) in [5, 5.41) is 0. The van der Waals surface area contributed by atoms with Crippen LogP contribution in [0.2, 0.25) is 0 Å². The smallest absolute Gasteiger partial charge is 0.369 e.